The van der Waals surface area contributed by atoms with Gasteiger partial charge < -0.3 is 14.9 Å². The van der Waals surface area contributed by atoms with E-state index in [1.165, 1.54) is 100 Å². The zero-order valence-corrected chi connectivity index (χ0v) is 40.2. The van der Waals surface area contributed by atoms with Crippen molar-refractivity contribution >= 4 is 59.8 Å². The van der Waals surface area contributed by atoms with Gasteiger partial charge in [-0.3, -0.25) is 0 Å². The average molecular weight is 869 g/mol. The molecule has 5 heteroatoms. The van der Waals surface area contributed by atoms with Crippen LogP contribution in [-0.2, 0) is 34.2 Å². The normalized spacial score (nSPS) is 14.4. The van der Waals surface area contributed by atoms with Crippen LogP contribution in [0.1, 0.15) is 84.6 Å². The maximum absolute atomic E-state index is 3.57. The van der Waals surface area contributed by atoms with Crippen LogP contribution in [0.2, 0.25) is 0 Å². The van der Waals surface area contributed by atoms with Crippen LogP contribution in [0, 0.1) is 33.8 Å². The number of hydrogen-bond acceptors (Lipinski definition) is 1. The van der Waals surface area contributed by atoms with Gasteiger partial charge in [0.05, 0.1) is 0 Å². The fourth-order valence-electron chi connectivity index (χ4n) is 6.71. The van der Waals surface area contributed by atoms with E-state index in [-0.39, 0.29) is 50.5 Å². The van der Waals surface area contributed by atoms with Gasteiger partial charge in [-0.2, -0.15) is 23.3 Å². The molecule has 54 heavy (non-hydrogen) atoms. The summed E-state index contributed by atoms with van der Waals surface area (Å²) in [7, 11) is 0. The van der Waals surface area contributed by atoms with E-state index in [0.29, 0.717) is 11.2 Å². The second-order valence-electron chi connectivity index (χ2n) is 15.9. The van der Waals surface area contributed by atoms with E-state index >= 15 is 0 Å². The number of rotatable bonds is 4. The third kappa shape index (κ3) is 11.4. The van der Waals surface area contributed by atoms with E-state index in [1.807, 2.05) is 11.8 Å². The summed E-state index contributed by atoms with van der Waals surface area (Å²) < 4.78 is 0. The first-order valence-corrected chi connectivity index (χ1v) is 22.8. The number of halogens is 2. The Balaban J connectivity index is 0.000000526. The molecule has 2 radical (unpaired) electrons. The van der Waals surface area contributed by atoms with Gasteiger partial charge in [0.2, 0.25) is 0 Å². The summed E-state index contributed by atoms with van der Waals surface area (Å²) in [5.41, 5.74) is 15.1. The first-order chi connectivity index (χ1) is 23.7. The van der Waals surface area contributed by atoms with Gasteiger partial charge in [-0.15, -0.1) is 69.9 Å². The molecular weight excluding hydrogens is 811 g/mol. The van der Waals surface area contributed by atoms with Crippen LogP contribution in [0.15, 0.2) is 125 Å². The maximum atomic E-state index is 3.57. The Hall–Kier alpha value is -2.26. The Morgan fingerprint density at radius 2 is 1.22 bits per heavy atom. The van der Waals surface area contributed by atoms with Gasteiger partial charge in [0.25, 0.3) is 0 Å². The van der Waals surface area contributed by atoms with Crippen LogP contribution >= 0.6 is 36.6 Å². The molecule has 0 saturated carbocycles. The molecule has 5 aromatic rings. The number of allylic oxidation sites excluding steroid dienone is 4. The quantitative estimate of drug-likeness (QED) is 0.128. The molecule has 1 aliphatic carbocycles. The van der Waals surface area contributed by atoms with Crippen molar-refractivity contribution in [3.05, 3.63) is 168 Å². The summed E-state index contributed by atoms with van der Waals surface area (Å²) in [6, 6.07) is 38.3. The van der Waals surface area contributed by atoms with Crippen LogP contribution in [0.4, 0.5) is 0 Å². The van der Waals surface area contributed by atoms with Crippen LogP contribution in [0.25, 0.3) is 38.6 Å². The number of hydrogen-bond donors (Lipinski definition) is 0. The van der Waals surface area contributed by atoms with Crippen LogP contribution in [0.5, 0.6) is 0 Å². The summed E-state index contributed by atoms with van der Waals surface area (Å²) in [6.45, 7) is 25.6. The fraction of sp³-hybridized carbons (Fsp3) is 0.286. The molecule has 0 bridgehead atoms. The van der Waals surface area contributed by atoms with Crippen LogP contribution in [-0.4, -0.2) is 12.1 Å². The number of fused-ring (bicyclic) bond motifs is 2. The average Bonchev–Trinajstić information content (AvgIpc) is 3.76. The Labute approximate surface area is 362 Å². The Morgan fingerprint density at radius 3 is 1.72 bits per heavy atom. The van der Waals surface area contributed by atoms with Gasteiger partial charge in [0.15, 0.2) is 0 Å². The minimum absolute atomic E-state index is 0. The Bertz CT molecular complexity index is 2050. The van der Waals surface area contributed by atoms with E-state index in [0.717, 1.165) is 0 Å². The fourth-order valence-corrected chi connectivity index (χ4v) is 7.92. The third-order valence-electron chi connectivity index (χ3n) is 9.61. The molecule has 2 aliphatic rings. The molecule has 0 fully saturated rings. The van der Waals surface area contributed by atoms with Gasteiger partial charge in [-0.25, -0.2) is 6.08 Å². The minimum atomic E-state index is 0. The molecule has 0 amide bonds. The standard InChI is InChI=1S/C30H33.C17H17S.2CH3.2ClH.Si.Zr/c1-20-16-24-18-23(21-8-12-25(13-9-21)29(2,3)4)19-28(27(24)17-20)22-10-14-26(15-11-22)30(5,6)7;1-11(2)14-9-15-16(10-14)18-12(3)17(15)13-7-5-4-6-8-13;;;;;;/h8-19H,1-7H3;4-9,11-12H,1-3H3;2*1H3;2*1H;;/q4*-1;;;;. The predicted molar refractivity (Wildman–Crippen MR) is 246 cm³/mol. The number of aryl methyl sites for hydroxylation is 1. The van der Waals surface area contributed by atoms with E-state index in [2.05, 4.69) is 191 Å². The van der Waals surface area contributed by atoms with Crippen molar-refractivity contribution in [2.75, 3.05) is 0 Å². The third-order valence-corrected chi connectivity index (χ3v) is 10.8. The van der Waals surface area contributed by atoms with Gasteiger partial charge in [-0.05, 0) is 51.5 Å². The van der Waals surface area contributed by atoms with Gasteiger partial charge in [0.1, 0.15) is 0 Å². The monoisotopic (exact) mass is 866 g/mol. The molecule has 0 spiro atoms. The first-order valence-electron chi connectivity index (χ1n) is 17.7. The van der Waals surface area contributed by atoms with Crippen LogP contribution in [0.3, 0.4) is 0 Å². The van der Waals surface area contributed by atoms with Gasteiger partial charge in [0, 0.05) is 5.25 Å². The Kier molecular flexibility index (Phi) is 19.1. The molecular formula is C49H58Cl2SSiZr-4. The van der Waals surface area contributed by atoms with E-state index in [4.69, 9.17) is 0 Å². The molecule has 7 rings (SSSR count). The molecule has 1 unspecified atom stereocenters. The van der Waals surface area contributed by atoms with Crippen molar-refractivity contribution < 1.29 is 23.3 Å². The SMILES string of the molecule is CC(C)C1=CC2=C(c3ccccc3)C(C)SC2=[C-]1.Cc1cc2c(-c3ccc(C(C)(C)C)cc3)cc(-c3ccc(C(C)(C)C)cc3)cc2[cH-]1.Cl.Cl.[CH3-].[CH3-].[Si]=[Zr]. The van der Waals surface area contributed by atoms with Crippen molar-refractivity contribution in [2.45, 2.75) is 85.3 Å². The van der Waals surface area contributed by atoms with Crippen molar-refractivity contribution in [2.24, 2.45) is 5.92 Å². The molecule has 5 aromatic carbocycles. The van der Waals surface area contributed by atoms with Crippen molar-refractivity contribution in [1.29, 1.82) is 0 Å². The molecule has 1 aliphatic heterocycles. The molecule has 1 heterocycles. The summed E-state index contributed by atoms with van der Waals surface area (Å²) >= 11 is 3.30. The first kappa shape index (κ1) is 49.8. The van der Waals surface area contributed by atoms with Crippen molar-refractivity contribution in [3.63, 3.8) is 0 Å². The molecule has 0 N–H and O–H groups in total. The summed E-state index contributed by atoms with van der Waals surface area (Å²) in [4.78, 5) is 1.34. The zero-order valence-electron chi connectivity index (χ0n) is 34.3. The molecule has 0 aromatic heterocycles. The Morgan fingerprint density at radius 1 is 0.704 bits per heavy atom. The second kappa shape index (κ2) is 20.8. The van der Waals surface area contributed by atoms with Crippen molar-refractivity contribution in [1.82, 2.24) is 0 Å². The molecule has 0 saturated heterocycles. The van der Waals surface area contributed by atoms with Crippen molar-refractivity contribution in [3.8, 4) is 22.3 Å². The topological polar surface area (TPSA) is 0 Å². The number of benzene rings is 4. The second-order valence-corrected chi connectivity index (χ2v) is 17.2. The van der Waals surface area contributed by atoms with E-state index in [9.17, 15) is 0 Å². The number of thioether (sulfide) groups is 1. The summed E-state index contributed by atoms with van der Waals surface area (Å²) in [6.07, 6.45) is 5.90. The molecule has 1 atom stereocenters. The zero-order chi connectivity index (χ0) is 36.4. The van der Waals surface area contributed by atoms with Crippen LogP contribution < -0.4 is 0 Å². The summed E-state index contributed by atoms with van der Waals surface area (Å²) in [5.74, 6) is 0.559. The van der Waals surface area contributed by atoms with Gasteiger partial charge in [-0.1, -0.05) is 164 Å². The predicted octanol–water partition coefficient (Wildman–Crippen LogP) is 15.0. The summed E-state index contributed by atoms with van der Waals surface area (Å²) in [5, 5.41) is 3.20. The van der Waals surface area contributed by atoms with E-state index in [1.54, 1.807) is 0 Å². The van der Waals surface area contributed by atoms with Gasteiger partial charge >= 0.3 is 30.2 Å². The van der Waals surface area contributed by atoms with E-state index < -0.39 is 0 Å². The molecule has 286 valence electrons. The molecule has 0 nitrogen and oxygen atoms in total.